The van der Waals surface area contributed by atoms with Crippen LogP contribution in [0, 0.1) is 5.92 Å². The molecule has 3 N–H and O–H groups in total. The van der Waals surface area contributed by atoms with Crippen LogP contribution < -0.4 is 10.6 Å². The summed E-state index contributed by atoms with van der Waals surface area (Å²) in [4.78, 5) is 11.7. The number of carbonyl (C=O) groups excluding carboxylic acids is 1. The van der Waals surface area contributed by atoms with Crippen molar-refractivity contribution in [3.05, 3.63) is 0 Å². The van der Waals surface area contributed by atoms with E-state index in [-0.39, 0.29) is 18.6 Å². The number of ether oxygens (including phenoxy) is 1. The predicted octanol–water partition coefficient (Wildman–Crippen LogP) is -0.500. The molecule has 0 radical (unpaired) electrons. The van der Waals surface area contributed by atoms with Crippen molar-refractivity contribution >= 4 is 5.91 Å². The average molecular weight is 230 g/mol. The lowest BCUT2D eigenvalue weighted by Gasteiger charge is -2.18. The fourth-order valence-electron chi connectivity index (χ4n) is 1.99. The molecule has 1 fully saturated rings. The number of aliphatic hydroxyl groups excluding tert-OH is 1. The first-order chi connectivity index (χ1) is 7.76. The number of nitrogens with one attached hydrogen (secondary N) is 2. The van der Waals surface area contributed by atoms with Gasteiger partial charge in [0.25, 0.3) is 0 Å². The third-order valence-electron chi connectivity index (χ3n) is 2.85. The second-order valence-electron chi connectivity index (χ2n) is 4.30. The normalized spacial score (nSPS) is 22.0. The summed E-state index contributed by atoms with van der Waals surface area (Å²) in [6, 6.07) is -0.0723. The highest BCUT2D eigenvalue weighted by molar-refractivity contribution is 5.76. The van der Waals surface area contributed by atoms with E-state index in [2.05, 4.69) is 10.6 Å². The van der Waals surface area contributed by atoms with Crippen molar-refractivity contribution in [1.29, 1.82) is 0 Å². The maximum atomic E-state index is 11.7. The van der Waals surface area contributed by atoms with Crippen molar-refractivity contribution in [1.82, 2.24) is 10.6 Å². The topological polar surface area (TPSA) is 70.6 Å². The smallest absolute Gasteiger partial charge is 0.220 e. The maximum Gasteiger partial charge on any atom is 0.220 e. The molecule has 0 aromatic heterocycles. The van der Waals surface area contributed by atoms with Crippen LogP contribution in [-0.4, -0.2) is 50.5 Å². The molecule has 1 rings (SSSR count). The lowest BCUT2D eigenvalue weighted by molar-refractivity contribution is -0.123. The molecule has 0 bridgehead atoms. The summed E-state index contributed by atoms with van der Waals surface area (Å²) in [5.41, 5.74) is 0. The Labute approximate surface area is 96.6 Å². The van der Waals surface area contributed by atoms with Crippen LogP contribution in [0.4, 0.5) is 0 Å². The molecule has 1 aliphatic rings. The number of methoxy groups -OCH3 is 1. The van der Waals surface area contributed by atoms with Crippen molar-refractivity contribution in [3.63, 3.8) is 0 Å². The predicted molar refractivity (Wildman–Crippen MR) is 61.1 cm³/mol. The standard InChI is InChI=1S/C11H22N2O3/c1-16-8-10(3-5-14)13-11(15)6-9-2-4-12-7-9/h9-10,12,14H,2-8H2,1H3,(H,13,15). The first-order valence-corrected chi connectivity index (χ1v) is 5.86. The summed E-state index contributed by atoms with van der Waals surface area (Å²) in [6.07, 6.45) is 2.18. The van der Waals surface area contributed by atoms with E-state index in [0.717, 1.165) is 19.5 Å². The first-order valence-electron chi connectivity index (χ1n) is 5.86. The lowest BCUT2D eigenvalue weighted by atomic mass is 10.0. The lowest BCUT2D eigenvalue weighted by Crippen LogP contribution is -2.39. The molecule has 2 unspecified atom stereocenters. The van der Waals surface area contributed by atoms with Crippen LogP contribution >= 0.6 is 0 Å². The SMILES string of the molecule is COCC(CCO)NC(=O)CC1CCNC1. The number of hydrogen-bond donors (Lipinski definition) is 3. The van der Waals surface area contributed by atoms with Crippen molar-refractivity contribution in [3.8, 4) is 0 Å². The van der Waals surface area contributed by atoms with Crippen LogP contribution in [0.1, 0.15) is 19.3 Å². The molecule has 2 atom stereocenters. The number of hydrogen-bond acceptors (Lipinski definition) is 4. The second kappa shape index (κ2) is 7.60. The van der Waals surface area contributed by atoms with Crippen LogP contribution in [0.15, 0.2) is 0 Å². The summed E-state index contributed by atoms with van der Waals surface area (Å²) < 4.78 is 4.99. The van der Waals surface area contributed by atoms with E-state index in [9.17, 15) is 4.79 Å². The first kappa shape index (κ1) is 13.4. The van der Waals surface area contributed by atoms with Crippen LogP contribution in [0.25, 0.3) is 0 Å². The van der Waals surface area contributed by atoms with Gasteiger partial charge in [-0.2, -0.15) is 0 Å². The van der Waals surface area contributed by atoms with E-state index < -0.39 is 0 Å². The Morgan fingerprint density at radius 2 is 2.50 bits per heavy atom. The van der Waals surface area contributed by atoms with Crippen LogP contribution in [0.3, 0.4) is 0 Å². The van der Waals surface area contributed by atoms with Gasteiger partial charge in [0.15, 0.2) is 0 Å². The van der Waals surface area contributed by atoms with Gasteiger partial charge in [-0.1, -0.05) is 0 Å². The molecule has 94 valence electrons. The highest BCUT2D eigenvalue weighted by atomic mass is 16.5. The van der Waals surface area contributed by atoms with Crippen molar-refractivity contribution < 1.29 is 14.6 Å². The fourth-order valence-corrected chi connectivity index (χ4v) is 1.99. The van der Waals surface area contributed by atoms with Crippen LogP contribution in [-0.2, 0) is 9.53 Å². The third kappa shape index (κ3) is 4.92. The van der Waals surface area contributed by atoms with E-state index in [0.29, 0.717) is 25.4 Å². The summed E-state index contributed by atoms with van der Waals surface area (Å²) in [7, 11) is 1.59. The summed E-state index contributed by atoms with van der Waals surface area (Å²) in [6.45, 7) is 2.47. The zero-order valence-corrected chi connectivity index (χ0v) is 9.87. The zero-order valence-electron chi connectivity index (χ0n) is 9.87. The van der Waals surface area contributed by atoms with Gasteiger partial charge in [0.05, 0.1) is 12.6 Å². The van der Waals surface area contributed by atoms with Crippen LogP contribution in [0.2, 0.25) is 0 Å². The van der Waals surface area contributed by atoms with Gasteiger partial charge >= 0.3 is 0 Å². The molecule has 0 aromatic carbocycles. The Morgan fingerprint density at radius 1 is 1.69 bits per heavy atom. The van der Waals surface area contributed by atoms with Gasteiger partial charge in [-0.15, -0.1) is 0 Å². The second-order valence-corrected chi connectivity index (χ2v) is 4.30. The van der Waals surface area contributed by atoms with E-state index in [1.54, 1.807) is 7.11 Å². The maximum absolute atomic E-state index is 11.7. The largest absolute Gasteiger partial charge is 0.396 e. The Morgan fingerprint density at radius 3 is 3.06 bits per heavy atom. The molecule has 1 amide bonds. The molecule has 5 heteroatoms. The Bertz CT molecular complexity index is 199. The Hall–Kier alpha value is -0.650. The molecule has 0 aromatic rings. The molecule has 0 saturated carbocycles. The summed E-state index contributed by atoms with van der Waals surface area (Å²) >= 11 is 0. The molecular weight excluding hydrogens is 208 g/mol. The van der Waals surface area contributed by atoms with Gasteiger partial charge in [-0.3, -0.25) is 4.79 Å². The minimum Gasteiger partial charge on any atom is -0.396 e. The van der Waals surface area contributed by atoms with E-state index in [1.165, 1.54) is 0 Å². The number of amides is 1. The molecular formula is C11H22N2O3. The summed E-state index contributed by atoms with van der Waals surface area (Å²) in [5.74, 6) is 0.515. The van der Waals surface area contributed by atoms with Gasteiger partial charge in [0.1, 0.15) is 0 Å². The van der Waals surface area contributed by atoms with Gasteiger partial charge in [0.2, 0.25) is 5.91 Å². The molecule has 1 heterocycles. The number of rotatable bonds is 7. The Balaban J connectivity index is 2.23. The van der Waals surface area contributed by atoms with Crippen molar-refractivity contribution in [2.45, 2.75) is 25.3 Å². The number of aliphatic hydroxyl groups is 1. The minimum atomic E-state index is -0.0723. The zero-order chi connectivity index (χ0) is 11.8. The van der Waals surface area contributed by atoms with E-state index in [1.807, 2.05) is 0 Å². The monoisotopic (exact) mass is 230 g/mol. The molecule has 1 aliphatic heterocycles. The fraction of sp³-hybridized carbons (Fsp3) is 0.909. The van der Waals surface area contributed by atoms with Crippen molar-refractivity contribution in [2.75, 3.05) is 33.4 Å². The van der Waals surface area contributed by atoms with E-state index >= 15 is 0 Å². The molecule has 0 aliphatic carbocycles. The Kier molecular flexibility index (Phi) is 6.37. The van der Waals surface area contributed by atoms with Crippen LogP contribution in [0.5, 0.6) is 0 Å². The van der Waals surface area contributed by atoms with Crippen molar-refractivity contribution in [2.24, 2.45) is 5.92 Å². The number of carbonyl (C=O) groups is 1. The molecule has 5 nitrogen and oxygen atoms in total. The highest BCUT2D eigenvalue weighted by Gasteiger charge is 2.19. The highest BCUT2D eigenvalue weighted by Crippen LogP contribution is 2.11. The molecule has 16 heavy (non-hydrogen) atoms. The van der Waals surface area contributed by atoms with Gasteiger partial charge in [0, 0.05) is 20.1 Å². The average Bonchev–Trinajstić information content (AvgIpc) is 2.71. The van der Waals surface area contributed by atoms with Gasteiger partial charge in [-0.05, 0) is 31.8 Å². The summed E-state index contributed by atoms with van der Waals surface area (Å²) in [5, 5.41) is 15.0. The van der Waals surface area contributed by atoms with E-state index in [4.69, 9.17) is 9.84 Å². The minimum absolute atomic E-state index is 0.0594. The van der Waals surface area contributed by atoms with Gasteiger partial charge in [-0.25, -0.2) is 0 Å². The van der Waals surface area contributed by atoms with Gasteiger partial charge < -0.3 is 20.5 Å². The quantitative estimate of drug-likeness (QED) is 0.551. The molecule has 0 spiro atoms. The third-order valence-corrected chi connectivity index (χ3v) is 2.85. The molecule has 1 saturated heterocycles.